The molecule has 1 aliphatic heterocycles. The zero-order chi connectivity index (χ0) is 13.8. The summed E-state index contributed by atoms with van der Waals surface area (Å²) in [5.74, 6) is 0.743. The van der Waals surface area contributed by atoms with Gasteiger partial charge in [-0.2, -0.15) is 0 Å². The minimum absolute atomic E-state index is 0.284. The third-order valence-corrected chi connectivity index (χ3v) is 3.21. The molecule has 0 bridgehead atoms. The van der Waals surface area contributed by atoms with Crippen LogP contribution in [0.2, 0.25) is 0 Å². The van der Waals surface area contributed by atoms with Gasteiger partial charge in [-0.3, -0.25) is 4.90 Å². The van der Waals surface area contributed by atoms with Gasteiger partial charge >= 0.3 is 6.09 Å². The van der Waals surface area contributed by atoms with E-state index in [1.54, 1.807) is 26.2 Å². The lowest BCUT2D eigenvalue weighted by molar-refractivity contribution is -0.109. The van der Waals surface area contributed by atoms with Crippen molar-refractivity contribution in [1.82, 2.24) is 0 Å². The molecule has 0 unspecified atom stereocenters. The fourth-order valence-electron chi connectivity index (χ4n) is 2.29. The molecule has 0 spiro atoms. The highest BCUT2D eigenvalue weighted by atomic mass is 16.6. The monoisotopic (exact) mass is 263 g/mol. The second kappa shape index (κ2) is 5.73. The first-order valence-corrected chi connectivity index (χ1v) is 6.29. The van der Waals surface area contributed by atoms with Gasteiger partial charge in [0.25, 0.3) is 0 Å². The minimum Gasteiger partial charge on any atom is -0.497 e. The fourth-order valence-corrected chi connectivity index (χ4v) is 2.29. The third kappa shape index (κ3) is 2.54. The van der Waals surface area contributed by atoms with Crippen LogP contribution in [-0.4, -0.2) is 32.1 Å². The Balaban J connectivity index is 2.39. The molecule has 1 aliphatic rings. The van der Waals surface area contributed by atoms with Crippen LogP contribution < -0.4 is 9.64 Å². The van der Waals surface area contributed by atoms with E-state index in [0.29, 0.717) is 6.42 Å². The van der Waals surface area contributed by atoms with Gasteiger partial charge in [-0.15, -0.1) is 0 Å². The zero-order valence-electron chi connectivity index (χ0n) is 11.1. The lowest BCUT2D eigenvalue weighted by Crippen LogP contribution is -2.45. The van der Waals surface area contributed by atoms with Crippen LogP contribution in [0, 0.1) is 0 Å². The van der Waals surface area contributed by atoms with Crippen LogP contribution in [0.1, 0.15) is 18.9 Å². The summed E-state index contributed by atoms with van der Waals surface area (Å²) < 4.78 is 10.2. The normalized spacial score (nSPS) is 17.6. The Bertz CT molecular complexity index is 486. The summed E-state index contributed by atoms with van der Waals surface area (Å²) in [7, 11) is 1.60. The number of nitrogens with zero attached hydrogens (tertiary/aromatic N) is 1. The van der Waals surface area contributed by atoms with E-state index in [2.05, 4.69) is 0 Å². The van der Waals surface area contributed by atoms with E-state index in [1.807, 2.05) is 6.07 Å². The van der Waals surface area contributed by atoms with Crippen molar-refractivity contribution in [3.63, 3.8) is 0 Å². The number of aryl methyl sites for hydroxylation is 1. The molecule has 2 rings (SSSR count). The number of anilines is 1. The Labute approximate surface area is 112 Å². The lowest BCUT2D eigenvalue weighted by atomic mass is 9.96. The van der Waals surface area contributed by atoms with Crippen LogP contribution >= 0.6 is 0 Å². The van der Waals surface area contributed by atoms with Gasteiger partial charge in [0.15, 0.2) is 0 Å². The van der Waals surface area contributed by atoms with Crippen LogP contribution in [0.4, 0.5) is 10.5 Å². The van der Waals surface area contributed by atoms with Gasteiger partial charge in [-0.25, -0.2) is 4.79 Å². The Morgan fingerprint density at radius 1 is 1.53 bits per heavy atom. The van der Waals surface area contributed by atoms with Crippen molar-refractivity contribution in [1.29, 1.82) is 0 Å². The fraction of sp³-hybridized carbons (Fsp3) is 0.429. The molecule has 0 N–H and O–H groups in total. The predicted molar refractivity (Wildman–Crippen MR) is 70.7 cm³/mol. The first-order valence-electron chi connectivity index (χ1n) is 6.29. The number of methoxy groups -OCH3 is 1. The number of carbonyl (C=O) groups excluding carboxylic acids is 2. The number of benzene rings is 1. The quantitative estimate of drug-likeness (QED) is 0.784. The Morgan fingerprint density at radius 3 is 2.95 bits per heavy atom. The molecule has 1 heterocycles. The summed E-state index contributed by atoms with van der Waals surface area (Å²) in [5.41, 5.74) is 1.72. The van der Waals surface area contributed by atoms with Crippen molar-refractivity contribution in [3.8, 4) is 5.75 Å². The Morgan fingerprint density at radius 2 is 2.32 bits per heavy atom. The maximum absolute atomic E-state index is 12.0. The molecule has 1 aromatic carbocycles. The zero-order valence-corrected chi connectivity index (χ0v) is 11.1. The molecule has 5 nitrogen and oxygen atoms in total. The van der Waals surface area contributed by atoms with Gasteiger partial charge in [0.05, 0.1) is 25.4 Å². The molecule has 0 fully saturated rings. The van der Waals surface area contributed by atoms with Gasteiger partial charge in [-0.1, -0.05) is 0 Å². The standard InChI is InChI=1S/C14H17NO4/c1-3-19-14(17)15-11(9-16)5-4-10-8-12(18-2)6-7-13(10)15/h6-9,11H,3-5H2,1-2H3/t11-/m0/s1. The molecule has 5 heteroatoms. The molecule has 1 atom stereocenters. The molecule has 0 radical (unpaired) electrons. The number of hydrogen-bond donors (Lipinski definition) is 0. The highest BCUT2D eigenvalue weighted by molar-refractivity contribution is 5.94. The maximum Gasteiger partial charge on any atom is 0.414 e. The molecular weight excluding hydrogens is 246 g/mol. The molecule has 1 aromatic rings. The van der Waals surface area contributed by atoms with E-state index < -0.39 is 12.1 Å². The third-order valence-electron chi connectivity index (χ3n) is 3.21. The van der Waals surface area contributed by atoms with Gasteiger partial charge in [0.1, 0.15) is 12.0 Å². The number of amides is 1. The summed E-state index contributed by atoms with van der Waals surface area (Å²) >= 11 is 0. The predicted octanol–water partition coefficient (Wildman–Crippen LogP) is 2.17. The second-order valence-corrected chi connectivity index (χ2v) is 4.31. The van der Waals surface area contributed by atoms with Crippen LogP contribution in [0.3, 0.4) is 0 Å². The Kier molecular flexibility index (Phi) is 4.04. The summed E-state index contributed by atoms with van der Waals surface area (Å²) in [6.07, 6.45) is 1.66. The van der Waals surface area contributed by atoms with Crippen molar-refractivity contribution >= 4 is 18.1 Å². The number of aldehydes is 1. The first kappa shape index (κ1) is 13.4. The average Bonchev–Trinajstić information content (AvgIpc) is 2.45. The van der Waals surface area contributed by atoms with Crippen LogP contribution in [-0.2, 0) is 16.0 Å². The number of fused-ring (bicyclic) bond motifs is 1. The van der Waals surface area contributed by atoms with Crippen LogP contribution in [0.15, 0.2) is 18.2 Å². The molecule has 1 amide bonds. The SMILES string of the molecule is CCOC(=O)N1c2ccc(OC)cc2CC[C@H]1C=O. The second-order valence-electron chi connectivity index (χ2n) is 4.31. The molecular formula is C14H17NO4. The summed E-state index contributed by atoms with van der Waals surface area (Å²) in [6, 6.07) is 5.00. The first-order chi connectivity index (χ1) is 9.21. The highest BCUT2D eigenvalue weighted by Gasteiger charge is 2.31. The number of hydrogen-bond acceptors (Lipinski definition) is 4. The average molecular weight is 263 g/mol. The summed E-state index contributed by atoms with van der Waals surface area (Å²) in [5, 5.41) is 0. The van der Waals surface area contributed by atoms with E-state index >= 15 is 0 Å². The minimum atomic E-state index is -0.481. The van der Waals surface area contributed by atoms with Crippen molar-refractivity contribution in [2.24, 2.45) is 0 Å². The number of ether oxygens (including phenoxy) is 2. The van der Waals surface area contributed by atoms with Crippen molar-refractivity contribution < 1.29 is 19.1 Å². The van der Waals surface area contributed by atoms with Crippen molar-refractivity contribution in [2.45, 2.75) is 25.8 Å². The van der Waals surface area contributed by atoms with E-state index in [4.69, 9.17) is 9.47 Å². The molecule has 19 heavy (non-hydrogen) atoms. The summed E-state index contributed by atoms with van der Waals surface area (Å²) in [4.78, 5) is 24.6. The van der Waals surface area contributed by atoms with Gasteiger partial charge < -0.3 is 14.3 Å². The largest absolute Gasteiger partial charge is 0.497 e. The molecule has 0 saturated heterocycles. The molecule has 0 aliphatic carbocycles. The molecule has 102 valence electrons. The van der Waals surface area contributed by atoms with Crippen molar-refractivity contribution in [3.05, 3.63) is 23.8 Å². The maximum atomic E-state index is 12.0. The molecule has 0 aromatic heterocycles. The highest BCUT2D eigenvalue weighted by Crippen LogP contribution is 2.33. The van der Waals surface area contributed by atoms with Gasteiger partial charge in [-0.05, 0) is 43.5 Å². The topological polar surface area (TPSA) is 55.8 Å². The van der Waals surface area contributed by atoms with E-state index in [-0.39, 0.29) is 6.61 Å². The number of carbonyl (C=O) groups is 2. The number of rotatable bonds is 3. The van der Waals surface area contributed by atoms with Crippen LogP contribution in [0.25, 0.3) is 0 Å². The van der Waals surface area contributed by atoms with E-state index in [9.17, 15) is 9.59 Å². The molecule has 0 saturated carbocycles. The van der Waals surface area contributed by atoms with E-state index in [1.165, 1.54) is 4.90 Å². The van der Waals surface area contributed by atoms with Gasteiger partial charge in [0.2, 0.25) is 0 Å². The van der Waals surface area contributed by atoms with Crippen molar-refractivity contribution in [2.75, 3.05) is 18.6 Å². The lowest BCUT2D eigenvalue weighted by Gasteiger charge is -2.33. The Hall–Kier alpha value is -2.04. The summed E-state index contributed by atoms with van der Waals surface area (Å²) in [6.45, 7) is 2.03. The van der Waals surface area contributed by atoms with E-state index in [0.717, 1.165) is 29.7 Å². The smallest absolute Gasteiger partial charge is 0.414 e. The van der Waals surface area contributed by atoms with Gasteiger partial charge in [0, 0.05) is 0 Å². The van der Waals surface area contributed by atoms with Crippen LogP contribution in [0.5, 0.6) is 5.75 Å².